The van der Waals surface area contributed by atoms with Gasteiger partial charge in [-0.15, -0.1) is 0 Å². The molecule has 0 radical (unpaired) electrons. The summed E-state index contributed by atoms with van der Waals surface area (Å²) in [5.41, 5.74) is 1.93. The van der Waals surface area contributed by atoms with Crippen molar-refractivity contribution < 1.29 is 14.3 Å². The number of rotatable bonds is 9. The fourth-order valence-corrected chi connectivity index (χ4v) is 2.43. The van der Waals surface area contributed by atoms with Crippen molar-refractivity contribution in [1.29, 1.82) is 0 Å². The number of hydrogen-bond donors (Lipinski definition) is 2. The van der Waals surface area contributed by atoms with E-state index in [4.69, 9.17) is 9.47 Å². The Labute approximate surface area is 146 Å². The summed E-state index contributed by atoms with van der Waals surface area (Å²) in [6.45, 7) is 9.63. The molecule has 0 heterocycles. The quantitative estimate of drug-likeness (QED) is 0.723. The Morgan fingerprint density at radius 2 is 1.88 bits per heavy atom. The van der Waals surface area contributed by atoms with Gasteiger partial charge in [0, 0.05) is 26.2 Å². The molecule has 0 aliphatic rings. The standard InChI is InChI=1S/C19H32N2O3/c1-6-9-17(13-21-18(22)24-19(2,3)4)20-12-15-10-7-8-11-16(15)14-23-5/h7-8,10-11,17,20H,6,9,12-14H2,1-5H3,(H,21,22). The van der Waals surface area contributed by atoms with E-state index in [0.29, 0.717) is 13.2 Å². The lowest BCUT2D eigenvalue weighted by molar-refractivity contribution is 0.0521. The Hall–Kier alpha value is -1.59. The van der Waals surface area contributed by atoms with Crippen molar-refractivity contribution in [3.05, 3.63) is 35.4 Å². The molecule has 0 fully saturated rings. The van der Waals surface area contributed by atoms with Crippen molar-refractivity contribution in [2.45, 2.75) is 65.3 Å². The van der Waals surface area contributed by atoms with Gasteiger partial charge in [-0.3, -0.25) is 0 Å². The Kier molecular flexibility index (Phi) is 8.79. The number of hydrogen-bond acceptors (Lipinski definition) is 4. The minimum atomic E-state index is -0.475. The van der Waals surface area contributed by atoms with Crippen LogP contribution in [-0.4, -0.2) is 31.4 Å². The van der Waals surface area contributed by atoms with Crippen LogP contribution in [-0.2, 0) is 22.6 Å². The molecule has 1 aromatic rings. The number of amides is 1. The van der Waals surface area contributed by atoms with Gasteiger partial charge in [-0.25, -0.2) is 4.79 Å². The predicted octanol–water partition coefficient (Wildman–Crippen LogP) is 3.62. The van der Waals surface area contributed by atoms with Crippen LogP contribution >= 0.6 is 0 Å². The summed E-state index contributed by atoms with van der Waals surface area (Å²) in [6.07, 6.45) is 1.67. The monoisotopic (exact) mass is 336 g/mol. The fourth-order valence-electron chi connectivity index (χ4n) is 2.43. The third-order valence-corrected chi connectivity index (χ3v) is 3.53. The lowest BCUT2D eigenvalue weighted by Crippen LogP contribution is -2.42. The first-order valence-electron chi connectivity index (χ1n) is 8.61. The third-order valence-electron chi connectivity index (χ3n) is 3.53. The zero-order valence-electron chi connectivity index (χ0n) is 15.6. The highest BCUT2D eigenvalue weighted by atomic mass is 16.6. The molecule has 1 rings (SSSR count). The summed E-state index contributed by atoms with van der Waals surface area (Å²) >= 11 is 0. The highest BCUT2D eigenvalue weighted by Crippen LogP contribution is 2.11. The SMILES string of the molecule is CCCC(CNC(=O)OC(C)(C)C)NCc1ccccc1COC. The lowest BCUT2D eigenvalue weighted by Gasteiger charge is -2.23. The van der Waals surface area contributed by atoms with Crippen LogP contribution in [0.4, 0.5) is 4.79 Å². The average Bonchev–Trinajstić information content (AvgIpc) is 2.50. The van der Waals surface area contributed by atoms with E-state index in [1.807, 2.05) is 32.9 Å². The number of ether oxygens (including phenoxy) is 2. The van der Waals surface area contributed by atoms with Crippen LogP contribution in [0.2, 0.25) is 0 Å². The summed E-state index contributed by atoms with van der Waals surface area (Å²) in [7, 11) is 1.70. The van der Waals surface area contributed by atoms with Crippen molar-refractivity contribution in [3.63, 3.8) is 0 Å². The molecular weight excluding hydrogens is 304 g/mol. The maximum absolute atomic E-state index is 11.8. The van der Waals surface area contributed by atoms with Gasteiger partial charge in [-0.05, 0) is 38.3 Å². The van der Waals surface area contributed by atoms with E-state index in [2.05, 4.69) is 29.7 Å². The van der Waals surface area contributed by atoms with Crippen molar-refractivity contribution in [2.75, 3.05) is 13.7 Å². The van der Waals surface area contributed by atoms with Crippen LogP contribution in [0.5, 0.6) is 0 Å². The summed E-state index contributed by atoms with van der Waals surface area (Å²) in [4.78, 5) is 11.8. The molecule has 1 aromatic carbocycles. The van der Waals surface area contributed by atoms with Crippen LogP contribution in [0.15, 0.2) is 24.3 Å². The van der Waals surface area contributed by atoms with Gasteiger partial charge in [0.1, 0.15) is 5.60 Å². The first kappa shape index (κ1) is 20.5. The molecule has 5 nitrogen and oxygen atoms in total. The molecule has 136 valence electrons. The number of nitrogens with one attached hydrogen (secondary N) is 2. The van der Waals surface area contributed by atoms with E-state index in [9.17, 15) is 4.79 Å². The van der Waals surface area contributed by atoms with E-state index in [1.54, 1.807) is 7.11 Å². The van der Waals surface area contributed by atoms with Gasteiger partial charge in [0.05, 0.1) is 6.61 Å². The lowest BCUT2D eigenvalue weighted by atomic mass is 10.1. The maximum Gasteiger partial charge on any atom is 0.407 e. The highest BCUT2D eigenvalue weighted by Gasteiger charge is 2.17. The molecule has 0 aliphatic carbocycles. The molecule has 1 atom stereocenters. The van der Waals surface area contributed by atoms with E-state index in [1.165, 1.54) is 11.1 Å². The van der Waals surface area contributed by atoms with Crippen molar-refractivity contribution >= 4 is 6.09 Å². The molecule has 1 unspecified atom stereocenters. The summed E-state index contributed by atoms with van der Waals surface area (Å²) in [5, 5.41) is 6.38. The van der Waals surface area contributed by atoms with Gasteiger partial charge < -0.3 is 20.1 Å². The zero-order chi connectivity index (χ0) is 18.0. The molecule has 0 aliphatic heterocycles. The summed E-state index contributed by atoms with van der Waals surface area (Å²) in [6, 6.07) is 8.44. The Balaban J connectivity index is 2.53. The first-order chi connectivity index (χ1) is 11.4. The predicted molar refractivity (Wildman–Crippen MR) is 96.9 cm³/mol. The number of carbonyl (C=O) groups is 1. The fraction of sp³-hybridized carbons (Fsp3) is 0.632. The second kappa shape index (κ2) is 10.3. The molecule has 24 heavy (non-hydrogen) atoms. The molecule has 1 amide bonds. The Morgan fingerprint density at radius 1 is 1.21 bits per heavy atom. The molecule has 2 N–H and O–H groups in total. The van der Waals surface area contributed by atoms with Crippen molar-refractivity contribution in [2.24, 2.45) is 0 Å². The zero-order valence-corrected chi connectivity index (χ0v) is 15.6. The maximum atomic E-state index is 11.8. The van der Waals surface area contributed by atoms with E-state index < -0.39 is 5.60 Å². The van der Waals surface area contributed by atoms with E-state index >= 15 is 0 Å². The Bertz CT molecular complexity index is 498. The molecular formula is C19H32N2O3. The molecule has 0 saturated heterocycles. The molecule has 0 saturated carbocycles. The van der Waals surface area contributed by atoms with Crippen LogP contribution in [0.1, 0.15) is 51.7 Å². The van der Waals surface area contributed by atoms with E-state index in [0.717, 1.165) is 19.4 Å². The second-order valence-corrected chi connectivity index (χ2v) is 6.95. The number of carbonyl (C=O) groups excluding carboxylic acids is 1. The van der Waals surface area contributed by atoms with Crippen LogP contribution < -0.4 is 10.6 Å². The van der Waals surface area contributed by atoms with Gasteiger partial charge in [0.2, 0.25) is 0 Å². The Morgan fingerprint density at radius 3 is 2.46 bits per heavy atom. The topological polar surface area (TPSA) is 59.6 Å². The average molecular weight is 336 g/mol. The van der Waals surface area contributed by atoms with Crippen LogP contribution in [0, 0.1) is 0 Å². The molecule has 0 aromatic heterocycles. The van der Waals surface area contributed by atoms with Crippen molar-refractivity contribution in [3.8, 4) is 0 Å². The molecule has 0 bridgehead atoms. The van der Waals surface area contributed by atoms with Crippen LogP contribution in [0.25, 0.3) is 0 Å². The first-order valence-corrected chi connectivity index (χ1v) is 8.61. The summed E-state index contributed by atoms with van der Waals surface area (Å²) in [5.74, 6) is 0. The third kappa shape index (κ3) is 8.31. The van der Waals surface area contributed by atoms with Gasteiger partial charge in [0.15, 0.2) is 0 Å². The largest absolute Gasteiger partial charge is 0.444 e. The van der Waals surface area contributed by atoms with Crippen molar-refractivity contribution in [1.82, 2.24) is 10.6 Å². The minimum absolute atomic E-state index is 0.207. The summed E-state index contributed by atoms with van der Waals surface area (Å²) < 4.78 is 10.5. The van der Waals surface area contributed by atoms with Gasteiger partial charge >= 0.3 is 6.09 Å². The number of methoxy groups -OCH3 is 1. The smallest absolute Gasteiger partial charge is 0.407 e. The number of alkyl carbamates (subject to hydrolysis) is 1. The number of benzene rings is 1. The van der Waals surface area contributed by atoms with Gasteiger partial charge in [0.25, 0.3) is 0 Å². The molecule has 0 spiro atoms. The van der Waals surface area contributed by atoms with Gasteiger partial charge in [-0.1, -0.05) is 37.6 Å². The van der Waals surface area contributed by atoms with Gasteiger partial charge in [-0.2, -0.15) is 0 Å². The van der Waals surface area contributed by atoms with Crippen LogP contribution in [0.3, 0.4) is 0 Å². The normalized spacial score (nSPS) is 12.7. The minimum Gasteiger partial charge on any atom is -0.444 e. The highest BCUT2D eigenvalue weighted by molar-refractivity contribution is 5.67. The second-order valence-electron chi connectivity index (χ2n) is 6.95. The van der Waals surface area contributed by atoms with E-state index in [-0.39, 0.29) is 12.1 Å². The molecule has 5 heteroatoms.